The Bertz CT molecular complexity index is 359. The Labute approximate surface area is 110 Å². The van der Waals surface area contributed by atoms with Crippen LogP contribution >= 0.6 is 7.82 Å². The minimum atomic E-state index is -4.79. The van der Waals surface area contributed by atoms with Gasteiger partial charge in [0, 0.05) is 6.42 Å². The normalized spacial score (nSPS) is 22.2. The standard InChI is InChI=1S/C10H19O8P/c11-7(5-10(14)3-1-2-4-10)9(13)8(12)6-18-19(15,16)17/h7,9,11,13-14H,1-6H2,(H2,15,16,17). The third-order valence-corrected chi connectivity index (χ3v) is 3.66. The molecule has 1 fully saturated rings. The Balaban J connectivity index is 2.45. The summed E-state index contributed by atoms with van der Waals surface area (Å²) < 4.78 is 14.3. The van der Waals surface area contributed by atoms with E-state index in [9.17, 15) is 24.7 Å². The van der Waals surface area contributed by atoms with Crippen molar-refractivity contribution in [3.8, 4) is 0 Å². The summed E-state index contributed by atoms with van der Waals surface area (Å²) in [7, 11) is -4.79. The molecule has 2 unspecified atom stereocenters. The highest BCUT2D eigenvalue weighted by atomic mass is 31.2. The lowest BCUT2D eigenvalue weighted by Crippen LogP contribution is -2.41. The van der Waals surface area contributed by atoms with Crippen LogP contribution in [0.5, 0.6) is 0 Å². The number of ketones is 1. The summed E-state index contributed by atoms with van der Waals surface area (Å²) in [5.74, 6) is -1.04. The molecule has 1 saturated carbocycles. The number of rotatable bonds is 7. The van der Waals surface area contributed by atoms with Crippen molar-refractivity contribution in [1.82, 2.24) is 0 Å². The predicted molar refractivity (Wildman–Crippen MR) is 63.1 cm³/mol. The van der Waals surface area contributed by atoms with Crippen LogP contribution in [0, 0.1) is 0 Å². The molecule has 5 N–H and O–H groups in total. The quantitative estimate of drug-likeness (QED) is 0.379. The largest absolute Gasteiger partial charge is 0.470 e. The molecule has 1 aliphatic carbocycles. The molecule has 9 heteroatoms. The zero-order chi connectivity index (χ0) is 14.7. The Hall–Kier alpha value is -0.340. The van der Waals surface area contributed by atoms with Crippen molar-refractivity contribution in [2.45, 2.75) is 49.9 Å². The number of hydrogen-bond acceptors (Lipinski definition) is 6. The monoisotopic (exact) mass is 298 g/mol. The first-order valence-electron chi connectivity index (χ1n) is 5.94. The highest BCUT2D eigenvalue weighted by Gasteiger charge is 2.37. The molecule has 0 heterocycles. The van der Waals surface area contributed by atoms with Crippen LogP contribution in [0.1, 0.15) is 32.1 Å². The number of aliphatic hydroxyl groups excluding tert-OH is 2. The number of phosphoric acid groups is 1. The van der Waals surface area contributed by atoms with Crippen molar-refractivity contribution < 1.29 is 39.0 Å². The molecule has 0 spiro atoms. The second kappa shape index (κ2) is 6.41. The van der Waals surface area contributed by atoms with Gasteiger partial charge in [-0.05, 0) is 12.8 Å². The SMILES string of the molecule is O=C(COP(=O)(O)O)C(O)C(O)CC1(O)CCCC1. The maximum atomic E-state index is 11.3. The Kier molecular flexibility index (Phi) is 5.64. The molecule has 0 amide bonds. The maximum Gasteiger partial charge on any atom is 0.470 e. The maximum absolute atomic E-state index is 11.3. The summed E-state index contributed by atoms with van der Waals surface area (Å²) in [6.07, 6.45) is -0.875. The molecule has 0 saturated heterocycles. The fourth-order valence-corrected chi connectivity index (χ4v) is 2.48. The molecule has 0 aliphatic heterocycles. The van der Waals surface area contributed by atoms with Gasteiger partial charge in [0.25, 0.3) is 0 Å². The second-order valence-electron chi connectivity index (χ2n) is 4.88. The number of Topliss-reactive ketones (excluding diaryl/α,β-unsaturated/α-hetero) is 1. The summed E-state index contributed by atoms with van der Waals surface area (Å²) in [5, 5.41) is 29.2. The molecule has 112 valence electrons. The first kappa shape index (κ1) is 16.7. The van der Waals surface area contributed by atoms with E-state index in [2.05, 4.69) is 4.52 Å². The van der Waals surface area contributed by atoms with Gasteiger partial charge < -0.3 is 25.1 Å². The average Bonchev–Trinajstić information content (AvgIpc) is 2.70. The van der Waals surface area contributed by atoms with Gasteiger partial charge in [-0.1, -0.05) is 12.8 Å². The average molecular weight is 298 g/mol. The molecular weight excluding hydrogens is 279 g/mol. The third kappa shape index (κ3) is 5.66. The summed E-state index contributed by atoms with van der Waals surface area (Å²) in [6, 6.07) is 0. The zero-order valence-corrected chi connectivity index (χ0v) is 11.2. The van der Waals surface area contributed by atoms with Crippen molar-refractivity contribution in [2.24, 2.45) is 0 Å². The highest BCUT2D eigenvalue weighted by molar-refractivity contribution is 7.46. The van der Waals surface area contributed by atoms with E-state index in [0.717, 1.165) is 12.8 Å². The highest BCUT2D eigenvalue weighted by Crippen LogP contribution is 2.36. The van der Waals surface area contributed by atoms with Crippen molar-refractivity contribution >= 4 is 13.6 Å². The van der Waals surface area contributed by atoms with Gasteiger partial charge in [0.05, 0.1) is 11.7 Å². The Morgan fingerprint density at radius 2 is 1.79 bits per heavy atom. The number of carbonyl (C=O) groups is 1. The van der Waals surface area contributed by atoms with E-state index in [1.54, 1.807) is 0 Å². The van der Waals surface area contributed by atoms with Crippen molar-refractivity contribution in [3.63, 3.8) is 0 Å². The molecule has 0 radical (unpaired) electrons. The van der Waals surface area contributed by atoms with Crippen LogP contribution in [0.2, 0.25) is 0 Å². The lowest BCUT2D eigenvalue weighted by molar-refractivity contribution is -0.138. The zero-order valence-electron chi connectivity index (χ0n) is 10.3. The van der Waals surface area contributed by atoms with E-state index in [-0.39, 0.29) is 6.42 Å². The lowest BCUT2D eigenvalue weighted by atomic mass is 9.91. The van der Waals surface area contributed by atoms with E-state index in [1.165, 1.54) is 0 Å². The first-order valence-corrected chi connectivity index (χ1v) is 7.47. The fraction of sp³-hybridized carbons (Fsp3) is 0.900. The topological polar surface area (TPSA) is 145 Å². The van der Waals surface area contributed by atoms with Gasteiger partial charge in [0.2, 0.25) is 0 Å². The molecule has 0 aromatic rings. The second-order valence-corrected chi connectivity index (χ2v) is 6.12. The molecule has 1 rings (SSSR count). The van der Waals surface area contributed by atoms with Gasteiger partial charge in [-0.25, -0.2) is 4.57 Å². The van der Waals surface area contributed by atoms with Crippen LogP contribution in [0.25, 0.3) is 0 Å². The van der Waals surface area contributed by atoms with Crippen molar-refractivity contribution in [1.29, 1.82) is 0 Å². The molecular formula is C10H19O8P. The molecule has 8 nitrogen and oxygen atoms in total. The van der Waals surface area contributed by atoms with Crippen molar-refractivity contribution in [3.05, 3.63) is 0 Å². The van der Waals surface area contributed by atoms with Gasteiger partial charge in [-0.2, -0.15) is 0 Å². The molecule has 19 heavy (non-hydrogen) atoms. The van der Waals surface area contributed by atoms with Gasteiger partial charge in [0.15, 0.2) is 5.78 Å². The number of aliphatic hydroxyl groups is 3. The Morgan fingerprint density at radius 1 is 1.26 bits per heavy atom. The van der Waals surface area contributed by atoms with Gasteiger partial charge in [-0.15, -0.1) is 0 Å². The van der Waals surface area contributed by atoms with E-state index < -0.39 is 38.0 Å². The van der Waals surface area contributed by atoms with Crippen LogP contribution in [-0.2, 0) is 13.9 Å². The Morgan fingerprint density at radius 3 is 2.26 bits per heavy atom. The summed E-state index contributed by atoms with van der Waals surface area (Å²) in [6.45, 7) is -0.999. The van der Waals surface area contributed by atoms with Gasteiger partial charge in [-0.3, -0.25) is 9.32 Å². The van der Waals surface area contributed by atoms with Gasteiger partial charge >= 0.3 is 7.82 Å². The van der Waals surface area contributed by atoms with Crippen LogP contribution in [0.3, 0.4) is 0 Å². The fourth-order valence-electron chi connectivity index (χ4n) is 2.19. The van der Waals surface area contributed by atoms with Crippen molar-refractivity contribution in [2.75, 3.05) is 6.61 Å². The third-order valence-electron chi connectivity index (χ3n) is 3.19. The minimum Gasteiger partial charge on any atom is -0.390 e. The van der Waals surface area contributed by atoms with Crippen LogP contribution in [0.4, 0.5) is 0 Å². The molecule has 2 atom stereocenters. The van der Waals surface area contributed by atoms with E-state index in [1.807, 2.05) is 0 Å². The van der Waals surface area contributed by atoms with E-state index >= 15 is 0 Å². The van der Waals surface area contributed by atoms with Gasteiger partial charge in [0.1, 0.15) is 12.7 Å². The summed E-state index contributed by atoms with van der Waals surface area (Å²) in [4.78, 5) is 28.2. The number of carbonyl (C=O) groups excluding carboxylic acids is 1. The summed E-state index contributed by atoms with van der Waals surface area (Å²) in [5.41, 5.74) is -1.09. The smallest absolute Gasteiger partial charge is 0.390 e. The lowest BCUT2D eigenvalue weighted by Gasteiger charge is -2.27. The molecule has 0 aromatic heterocycles. The first-order chi connectivity index (χ1) is 8.63. The van der Waals surface area contributed by atoms with E-state index in [4.69, 9.17) is 9.79 Å². The number of phosphoric ester groups is 1. The van der Waals surface area contributed by atoms with Crippen LogP contribution in [-0.4, -0.2) is 55.3 Å². The number of hydrogen-bond donors (Lipinski definition) is 5. The molecule has 0 aromatic carbocycles. The molecule has 0 bridgehead atoms. The molecule has 1 aliphatic rings. The minimum absolute atomic E-state index is 0.157. The van der Waals surface area contributed by atoms with Crippen LogP contribution in [0.15, 0.2) is 0 Å². The summed E-state index contributed by atoms with van der Waals surface area (Å²) >= 11 is 0. The van der Waals surface area contributed by atoms with Crippen LogP contribution < -0.4 is 0 Å². The van der Waals surface area contributed by atoms with E-state index in [0.29, 0.717) is 12.8 Å². The predicted octanol–water partition coefficient (Wildman–Crippen LogP) is -0.918.